The summed E-state index contributed by atoms with van der Waals surface area (Å²) in [5.74, 6) is 0.510. The highest BCUT2D eigenvalue weighted by Crippen LogP contribution is 2.39. The zero-order valence-corrected chi connectivity index (χ0v) is 13.5. The van der Waals surface area contributed by atoms with Gasteiger partial charge in [0, 0.05) is 15.7 Å². The van der Waals surface area contributed by atoms with E-state index in [9.17, 15) is 4.79 Å². The number of amides is 1. The number of aromatic nitrogens is 4. The van der Waals surface area contributed by atoms with Crippen molar-refractivity contribution in [1.82, 2.24) is 20.2 Å². The number of hydrogen-bond acceptors (Lipinski definition) is 6. The second kappa shape index (κ2) is 5.41. The molecule has 1 aliphatic rings. The van der Waals surface area contributed by atoms with Crippen LogP contribution in [-0.2, 0) is 4.79 Å². The lowest BCUT2D eigenvalue weighted by atomic mass is 9.94. The normalized spacial score (nSPS) is 17.0. The number of carbonyl (C=O) groups is 1. The van der Waals surface area contributed by atoms with E-state index < -0.39 is 11.9 Å². The fraction of sp³-hybridized carbons (Fsp3) is 0.231. The molecule has 0 saturated heterocycles. The summed E-state index contributed by atoms with van der Waals surface area (Å²) < 4.78 is 7.77. The van der Waals surface area contributed by atoms with Crippen LogP contribution in [0.15, 0.2) is 33.9 Å². The molecule has 3 rings (SSSR count). The minimum Gasteiger partial charge on any atom is -0.496 e. The number of ether oxygens (including phenoxy) is 1. The van der Waals surface area contributed by atoms with E-state index in [1.165, 1.54) is 4.68 Å². The van der Waals surface area contributed by atoms with Crippen molar-refractivity contribution in [1.29, 1.82) is 0 Å². The lowest BCUT2D eigenvalue weighted by molar-refractivity contribution is -0.115. The van der Waals surface area contributed by atoms with E-state index in [4.69, 9.17) is 10.5 Å². The summed E-state index contributed by atoms with van der Waals surface area (Å²) in [5, 5.41) is 14.5. The molecule has 0 aliphatic carbocycles. The van der Waals surface area contributed by atoms with E-state index in [1.807, 2.05) is 12.1 Å². The summed E-state index contributed by atoms with van der Waals surface area (Å²) >= 11 is 3.43. The highest BCUT2D eigenvalue weighted by Gasteiger charge is 2.34. The molecular weight excluding hydrogens is 352 g/mol. The number of fused-ring (bicyclic) bond motifs is 1. The molecule has 0 spiro atoms. The van der Waals surface area contributed by atoms with Gasteiger partial charge in [-0.05, 0) is 35.5 Å². The van der Waals surface area contributed by atoms with Gasteiger partial charge in [-0.3, -0.25) is 4.79 Å². The average molecular weight is 365 g/mol. The topological polar surface area (TPSA) is 108 Å². The van der Waals surface area contributed by atoms with E-state index in [1.54, 1.807) is 20.1 Å². The van der Waals surface area contributed by atoms with Crippen LogP contribution in [0.5, 0.6) is 5.75 Å². The van der Waals surface area contributed by atoms with Gasteiger partial charge in [0.2, 0.25) is 11.9 Å². The number of nitrogens with two attached hydrogens (primary N) is 1. The van der Waals surface area contributed by atoms with Crippen LogP contribution in [0.25, 0.3) is 0 Å². The van der Waals surface area contributed by atoms with Crippen LogP contribution >= 0.6 is 15.9 Å². The van der Waals surface area contributed by atoms with Crippen LogP contribution in [-0.4, -0.2) is 33.2 Å². The van der Waals surface area contributed by atoms with E-state index in [0.717, 1.165) is 10.0 Å². The Bertz CT molecular complexity index is 785. The quantitative estimate of drug-likeness (QED) is 0.847. The number of primary amides is 1. The van der Waals surface area contributed by atoms with E-state index in [-0.39, 0.29) is 0 Å². The second-order valence-electron chi connectivity index (χ2n) is 4.76. The summed E-state index contributed by atoms with van der Waals surface area (Å²) in [6.45, 7) is 1.76. The monoisotopic (exact) mass is 364 g/mol. The molecule has 1 aromatic carbocycles. The highest BCUT2D eigenvalue weighted by molar-refractivity contribution is 9.10. The van der Waals surface area contributed by atoms with Gasteiger partial charge in [-0.15, -0.1) is 0 Å². The molecule has 1 unspecified atom stereocenters. The molecule has 0 radical (unpaired) electrons. The second-order valence-corrected chi connectivity index (χ2v) is 5.68. The predicted molar refractivity (Wildman–Crippen MR) is 82.2 cm³/mol. The minimum atomic E-state index is -0.559. The molecule has 1 aliphatic heterocycles. The maximum Gasteiger partial charge on any atom is 0.248 e. The molecule has 1 amide bonds. The van der Waals surface area contributed by atoms with E-state index >= 15 is 0 Å². The molecule has 8 nitrogen and oxygen atoms in total. The van der Waals surface area contributed by atoms with Crippen LogP contribution in [0.2, 0.25) is 0 Å². The molecule has 1 atom stereocenters. The molecule has 0 bridgehead atoms. The van der Waals surface area contributed by atoms with Crippen molar-refractivity contribution in [3.63, 3.8) is 0 Å². The van der Waals surface area contributed by atoms with E-state index in [0.29, 0.717) is 23.0 Å². The Hall–Kier alpha value is -2.42. The van der Waals surface area contributed by atoms with Gasteiger partial charge < -0.3 is 15.8 Å². The Morgan fingerprint density at radius 1 is 1.50 bits per heavy atom. The zero-order chi connectivity index (χ0) is 15.9. The Labute approximate surface area is 134 Å². The number of nitrogens with one attached hydrogen (secondary N) is 1. The molecule has 1 aromatic heterocycles. The number of rotatable bonds is 3. The first-order chi connectivity index (χ1) is 10.5. The first kappa shape index (κ1) is 14.5. The van der Waals surface area contributed by atoms with Gasteiger partial charge in [0.05, 0.1) is 12.7 Å². The largest absolute Gasteiger partial charge is 0.496 e. The van der Waals surface area contributed by atoms with E-state index in [2.05, 4.69) is 36.8 Å². The van der Waals surface area contributed by atoms with Crippen LogP contribution in [0.3, 0.4) is 0 Å². The van der Waals surface area contributed by atoms with Crippen molar-refractivity contribution in [2.24, 2.45) is 5.73 Å². The highest BCUT2D eigenvalue weighted by atomic mass is 79.9. The molecular formula is C13H13BrN6O2. The minimum absolute atomic E-state index is 0.385. The van der Waals surface area contributed by atoms with Gasteiger partial charge >= 0.3 is 0 Å². The maximum absolute atomic E-state index is 12.0. The summed E-state index contributed by atoms with van der Waals surface area (Å²) in [4.78, 5) is 12.0. The first-order valence-electron chi connectivity index (χ1n) is 6.41. The predicted octanol–water partition coefficient (Wildman–Crippen LogP) is 1.22. The average Bonchev–Trinajstić information content (AvgIpc) is 2.93. The smallest absolute Gasteiger partial charge is 0.248 e. The van der Waals surface area contributed by atoms with Gasteiger partial charge in [-0.2, -0.15) is 4.68 Å². The summed E-state index contributed by atoms with van der Waals surface area (Å²) in [7, 11) is 1.56. The molecule has 114 valence electrons. The van der Waals surface area contributed by atoms with Crippen LogP contribution in [0, 0.1) is 0 Å². The Kier molecular flexibility index (Phi) is 3.57. The standard InChI is InChI=1S/C13H13BrN6O2/c1-6-10(12(15)21)11(20-13(16-6)17-18-19-20)8-5-7(14)3-4-9(8)22-2/h3-5,11H,1-2H3,(H2,15,21)(H,16,17,19). The van der Waals surface area contributed by atoms with Crippen molar-refractivity contribution >= 4 is 27.8 Å². The third-order valence-corrected chi connectivity index (χ3v) is 3.96. The third-order valence-electron chi connectivity index (χ3n) is 3.47. The maximum atomic E-state index is 12.0. The van der Waals surface area contributed by atoms with Crippen LogP contribution < -0.4 is 15.8 Å². The van der Waals surface area contributed by atoms with Crippen molar-refractivity contribution < 1.29 is 9.53 Å². The van der Waals surface area contributed by atoms with Crippen molar-refractivity contribution in [3.8, 4) is 5.75 Å². The number of methoxy groups -OCH3 is 1. The van der Waals surface area contributed by atoms with Gasteiger partial charge in [-0.1, -0.05) is 21.0 Å². The molecule has 2 aromatic rings. The molecule has 0 saturated carbocycles. The van der Waals surface area contributed by atoms with Crippen molar-refractivity contribution in [2.75, 3.05) is 12.4 Å². The number of hydrogen-bond donors (Lipinski definition) is 2. The SMILES string of the molecule is COc1ccc(Br)cc1C1C(C(N)=O)=C(C)Nc2nnnn21. The fourth-order valence-electron chi connectivity index (χ4n) is 2.54. The summed E-state index contributed by atoms with van der Waals surface area (Å²) in [5.41, 5.74) is 7.30. The van der Waals surface area contributed by atoms with Gasteiger partial charge in [-0.25, -0.2) is 0 Å². The van der Waals surface area contributed by atoms with Crippen molar-refractivity contribution in [2.45, 2.75) is 13.0 Å². The Morgan fingerprint density at radius 3 is 2.95 bits per heavy atom. The lowest BCUT2D eigenvalue weighted by Crippen LogP contribution is -2.32. The van der Waals surface area contributed by atoms with Crippen molar-refractivity contribution in [3.05, 3.63) is 39.5 Å². The van der Waals surface area contributed by atoms with Crippen LogP contribution in [0.1, 0.15) is 18.5 Å². The molecule has 0 fully saturated rings. The number of tetrazole rings is 1. The fourth-order valence-corrected chi connectivity index (χ4v) is 2.92. The Morgan fingerprint density at radius 2 is 2.27 bits per heavy atom. The number of halogens is 1. The first-order valence-corrected chi connectivity index (χ1v) is 7.21. The number of nitrogens with zero attached hydrogens (tertiary/aromatic N) is 4. The molecule has 9 heteroatoms. The number of carbonyl (C=O) groups excluding carboxylic acids is 1. The summed E-state index contributed by atoms with van der Waals surface area (Å²) in [6, 6.07) is 4.96. The number of benzene rings is 1. The van der Waals surface area contributed by atoms with Gasteiger partial charge in [0.15, 0.2) is 0 Å². The molecule has 2 heterocycles. The third kappa shape index (κ3) is 2.23. The number of anilines is 1. The lowest BCUT2D eigenvalue weighted by Gasteiger charge is -2.28. The summed E-state index contributed by atoms with van der Waals surface area (Å²) in [6.07, 6.45) is 0. The molecule has 3 N–H and O–H groups in total. The molecule has 22 heavy (non-hydrogen) atoms. The number of allylic oxidation sites excluding steroid dienone is 1. The van der Waals surface area contributed by atoms with Gasteiger partial charge in [0.1, 0.15) is 11.8 Å². The van der Waals surface area contributed by atoms with Gasteiger partial charge in [0.25, 0.3) is 0 Å². The zero-order valence-electron chi connectivity index (χ0n) is 11.9. The van der Waals surface area contributed by atoms with Crippen LogP contribution in [0.4, 0.5) is 5.95 Å². The Balaban J connectivity index is 2.27.